The van der Waals surface area contributed by atoms with Gasteiger partial charge in [0.15, 0.2) is 0 Å². The van der Waals surface area contributed by atoms with Crippen LogP contribution in [0.2, 0.25) is 0 Å². The third-order valence-electron chi connectivity index (χ3n) is 3.28. The van der Waals surface area contributed by atoms with Gasteiger partial charge < -0.3 is 15.4 Å². The molecule has 2 N–H and O–H groups in total. The predicted molar refractivity (Wildman–Crippen MR) is 65.9 cm³/mol. The maximum atomic E-state index is 13.2. The van der Waals surface area contributed by atoms with Crippen molar-refractivity contribution in [3.8, 4) is 5.75 Å². The molecule has 1 aromatic rings. The molecule has 1 saturated heterocycles. The lowest BCUT2D eigenvalue weighted by atomic mass is 9.98. The maximum Gasteiger partial charge on any atom is 0.123 e. The number of benzene rings is 1. The van der Waals surface area contributed by atoms with Crippen LogP contribution in [0.15, 0.2) is 18.2 Å². The number of rotatable bonds is 3. The molecule has 4 heteroatoms. The zero-order chi connectivity index (χ0) is 12.3. The van der Waals surface area contributed by atoms with Gasteiger partial charge in [-0.15, -0.1) is 0 Å². The Kier molecular flexibility index (Phi) is 3.97. The molecule has 1 aliphatic heterocycles. The fourth-order valence-corrected chi connectivity index (χ4v) is 2.27. The number of ether oxygens (including phenoxy) is 1. The first-order valence-electron chi connectivity index (χ1n) is 6.00. The molecule has 94 valence electrons. The van der Waals surface area contributed by atoms with E-state index in [4.69, 9.17) is 4.74 Å². The molecule has 1 fully saturated rings. The largest absolute Gasteiger partial charge is 0.496 e. The van der Waals surface area contributed by atoms with Gasteiger partial charge in [-0.2, -0.15) is 0 Å². The van der Waals surface area contributed by atoms with Crippen LogP contribution in [0.1, 0.15) is 12.5 Å². The molecule has 1 aliphatic rings. The summed E-state index contributed by atoms with van der Waals surface area (Å²) < 4.78 is 18.5. The second kappa shape index (κ2) is 5.47. The van der Waals surface area contributed by atoms with E-state index in [-0.39, 0.29) is 5.82 Å². The van der Waals surface area contributed by atoms with Crippen molar-refractivity contribution in [3.63, 3.8) is 0 Å². The summed E-state index contributed by atoms with van der Waals surface area (Å²) in [5.41, 5.74) is 0.917. The standard InChI is InChI=1S/C13H19FN2O/c1-9-12(16-6-5-15-9)8-10-7-11(14)3-4-13(10)17-2/h3-4,7,9,12,15-16H,5-6,8H2,1-2H3. The molecule has 0 bridgehead atoms. The molecule has 0 aromatic heterocycles. The van der Waals surface area contributed by atoms with Crippen LogP contribution in [-0.4, -0.2) is 32.3 Å². The Morgan fingerprint density at radius 2 is 2.12 bits per heavy atom. The Morgan fingerprint density at radius 1 is 1.35 bits per heavy atom. The average Bonchev–Trinajstić information content (AvgIpc) is 2.32. The fourth-order valence-electron chi connectivity index (χ4n) is 2.27. The second-order valence-corrected chi connectivity index (χ2v) is 4.46. The third kappa shape index (κ3) is 2.96. The van der Waals surface area contributed by atoms with Crippen LogP contribution in [-0.2, 0) is 6.42 Å². The molecule has 17 heavy (non-hydrogen) atoms. The van der Waals surface area contributed by atoms with Gasteiger partial charge in [0.1, 0.15) is 11.6 Å². The van der Waals surface area contributed by atoms with E-state index in [0.29, 0.717) is 12.1 Å². The summed E-state index contributed by atoms with van der Waals surface area (Å²) in [7, 11) is 1.62. The second-order valence-electron chi connectivity index (χ2n) is 4.46. The van der Waals surface area contributed by atoms with Crippen molar-refractivity contribution in [1.82, 2.24) is 10.6 Å². The Balaban J connectivity index is 2.13. The summed E-state index contributed by atoms with van der Waals surface area (Å²) >= 11 is 0. The first kappa shape index (κ1) is 12.3. The van der Waals surface area contributed by atoms with E-state index in [1.165, 1.54) is 6.07 Å². The smallest absolute Gasteiger partial charge is 0.123 e. The Morgan fingerprint density at radius 3 is 2.82 bits per heavy atom. The van der Waals surface area contributed by atoms with Crippen molar-refractivity contribution in [3.05, 3.63) is 29.6 Å². The zero-order valence-electron chi connectivity index (χ0n) is 10.3. The van der Waals surface area contributed by atoms with Crippen LogP contribution >= 0.6 is 0 Å². The molecule has 2 unspecified atom stereocenters. The van der Waals surface area contributed by atoms with Gasteiger partial charge >= 0.3 is 0 Å². The van der Waals surface area contributed by atoms with Gasteiger partial charge in [-0.3, -0.25) is 0 Å². The lowest BCUT2D eigenvalue weighted by Gasteiger charge is -2.31. The number of piperazine rings is 1. The molecule has 2 rings (SSSR count). The van der Waals surface area contributed by atoms with E-state index in [1.807, 2.05) is 0 Å². The summed E-state index contributed by atoms with van der Waals surface area (Å²) in [6, 6.07) is 5.38. The lowest BCUT2D eigenvalue weighted by Crippen LogP contribution is -2.55. The van der Waals surface area contributed by atoms with Crippen molar-refractivity contribution in [2.45, 2.75) is 25.4 Å². The predicted octanol–water partition coefficient (Wildman–Crippen LogP) is 1.33. The molecule has 0 saturated carbocycles. The van der Waals surface area contributed by atoms with Crippen LogP contribution in [0.3, 0.4) is 0 Å². The highest BCUT2D eigenvalue weighted by atomic mass is 19.1. The van der Waals surface area contributed by atoms with Crippen molar-refractivity contribution in [2.75, 3.05) is 20.2 Å². The summed E-state index contributed by atoms with van der Waals surface area (Å²) in [6.07, 6.45) is 0.773. The van der Waals surface area contributed by atoms with Crippen LogP contribution in [0.5, 0.6) is 5.75 Å². The topological polar surface area (TPSA) is 33.3 Å². The number of hydrogen-bond acceptors (Lipinski definition) is 3. The van der Waals surface area contributed by atoms with Crippen molar-refractivity contribution in [1.29, 1.82) is 0 Å². The number of hydrogen-bond donors (Lipinski definition) is 2. The summed E-state index contributed by atoms with van der Waals surface area (Å²) in [5.74, 6) is 0.545. The van der Waals surface area contributed by atoms with E-state index >= 15 is 0 Å². The Labute approximate surface area is 101 Å². The van der Waals surface area contributed by atoms with Gasteiger partial charge in [-0.25, -0.2) is 4.39 Å². The molecule has 3 nitrogen and oxygen atoms in total. The molecule has 0 radical (unpaired) electrons. The van der Waals surface area contributed by atoms with E-state index < -0.39 is 0 Å². The van der Waals surface area contributed by atoms with Crippen molar-refractivity contribution in [2.24, 2.45) is 0 Å². The van der Waals surface area contributed by atoms with E-state index in [2.05, 4.69) is 17.6 Å². The minimum atomic E-state index is -0.211. The molecule has 0 amide bonds. The van der Waals surface area contributed by atoms with Gasteiger partial charge in [0, 0.05) is 25.2 Å². The van der Waals surface area contributed by atoms with E-state index in [9.17, 15) is 4.39 Å². The van der Waals surface area contributed by atoms with E-state index in [1.54, 1.807) is 19.2 Å². The van der Waals surface area contributed by atoms with Crippen LogP contribution in [0, 0.1) is 5.82 Å². The van der Waals surface area contributed by atoms with Gasteiger partial charge in [-0.05, 0) is 37.1 Å². The quantitative estimate of drug-likeness (QED) is 0.833. The van der Waals surface area contributed by atoms with Crippen LogP contribution in [0.25, 0.3) is 0 Å². The van der Waals surface area contributed by atoms with Gasteiger partial charge in [-0.1, -0.05) is 0 Å². The molecule has 1 heterocycles. The first-order chi connectivity index (χ1) is 8.20. The first-order valence-corrected chi connectivity index (χ1v) is 6.00. The highest BCUT2D eigenvalue weighted by molar-refractivity contribution is 5.34. The molecule has 2 atom stereocenters. The molecule has 0 spiro atoms. The molecule has 1 aromatic carbocycles. The number of halogens is 1. The monoisotopic (exact) mass is 238 g/mol. The summed E-state index contributed by atoms with van der Waals surface area (Å²) in [4.78, 5) is 0. The summed E-state index contributed by atoms with van der Waals surface area (Å²) in [6.45, 7) is 4.08. The van der Waals surface area contributed by atoms with Crippen molar-refractivity contribution < 1.29 is 9.13 Å². The van der Waals surface area contributed by atoms with Crippen molar-refractivity contribution >= 4 is 0 Å². The van der Waals surface area contributed by atoms with Crippen LogP contribution < -0.4 is 15.4 Å². The summed E-state index contributed by atoms with van der Waals surface area (Å²) in [5, 5.41) is 6.85. The Hall–Kier alpha value is -1.13. The molecular formula is C13H19FN2O. The average molecular weight is 238 g/mol. The number of methoxy groups -OCH3 is 1. The highest BCUT2D eigenvalue weighted by Gasteiger charge is 2.21. The third-order valence-corrected chi connectivity index (χ3v) is 3.28. The fraction of sp³-hybridized carbons (Fsp3) is 0.538. The van der Waals surface area contributed by atoms with Gasteiger partial charge in [0.2, 0.25) is 0 Å². The van der Waals surface area contributed by atoms with Gasteiger partial charge in [0.25, 0.3) is 0 Å². The number of nitrogens with one attached hydrogen (secondary N) is 2. The Bertz CT molecular complexity index is 384. The maximum absolute atomic E-state index is 13.2. The SMILES string of the molecule is COc1ccc(F)cc1CC1NCCNC1C. The van der Waals surface area contributed by atoms with Crippen LogP contribution in [0.4, 0.5) is 4.39 Å². The lowest BCUT2D eigenvalue weighted by molar-refractivity contribution is 0.331. The van der Waals surface area contributed by atoms with E-state index in [0.717, 1.165) is 30.8 Å². The zero-order valence-corrected chi connectivity index (χ0v) is 10.3. The van der Waals surface area contributed by atoms with Gasteiger partial charge in [0.05, 0.1) is 7.11 Å². The minimum Gasteiger partial charge on any atom is -0.496 e. The minimum absolute atomic E-state index is 0.211. The molecular weight excluding hydrogens is 219 g/mol. The highest BCUT2D eigenvalue weighted by Crippen LogP contribution is 2.21. The normalized spacial score (nSPS) is 24.6. The molecule has 0 aliphatic carbocycles.